The summed E-state index contributed by atoms with van der Waals surface area (Å²) < 4.78 is 12.2. The van der Waals surface area contributed by atoms with Gasteiger partial charge in [0.1, 0.15) is 0 Å². The zero-order chi connectivity index (χ0) is 23.3. The second kappa shape index (κ2) is 8.31. The molecular weight excluding hydrogens is 420 g/mol. The first-order valence-corrected chi connectivity index (χ1v) is 11.5. The number of para-hydroxylation sites is 1. The number of ether oxygens (including phenoxy) is 1. The van der Waals surface area contributed by atoms with Gasteiger partial charge >= 0.3 is 5.69 Å². The molecule has 4 heterocycles. The van der Waals surface area contributed by atoms with Crippen molar-refractivity contribution in [2.24, 2.45) is 7.05 Å². The Morgan fingerprint density at radius 1 is 1.03 bits per heavy atom. The Balaban J connectivity index is 1.72. The summed E-state index contributed by atoms with van der Waals surface area (Å²) in [5.74, 6) is 0.652. The lowest BCUT2D eigenvalue weighted by molar-refractivity contribution is 0.0361. The van der Waals surface area contributed by atoms with E-state index in [0.717, 1.165) is 36.6 Å². The second-order valence-electron chi connectivity index (χ2n) is 8.66. The molecule has 1 aliphatic heterocycles. The van der Waals surface area contributed by atoms with E-state index in [-0.39, 0.29) is 11.2 Å². The van der Waals surface area contributed by atoms with Gasteiger partial charge in [-0.25, -0.2) is 4.79 Å². The topological polar surface area (TPSA) is 78.7 Å². The van der Waals surface area contributed by atoms with Gasteiger partial charge in [0, 0.05) is 44.6 Å². The van der Waals surface area contributed by atoms with Crippen LogP contribution in [0.2, 0.25) is 0 Å². The summed E-state index contributed by atoms with van der Waals surface area (Å²) in [4.78, 5) is 33.8. The number of hydrogen-bond acceptors (Lipinski definition) is 5. The monoisotopic (exact) mass is 450 g/mol. The van der Waals surface area contributed by atoms with Crippen molar-refractivity contribution < 1.29 is 4.74 Å². The smallest absolute Gasteiger partial charge is 0.332 e. The van der Waals surface area contributed by atoms with Crippen molar-refractivity contribution in [3.63, 3.8) is 0 Å². The van der Waals surface area contributed by atoms with Gasteiger partial charge in [-0.2, -0.15) is 4.98 Å². The normalized spacial score (nSPS) is 15.2. The van der Waals surface area contributed by atoms with E-state index in [1.54, 1.807) is 7.05 Å². The van der Waals surface area contributed by atoms with Gasteiger partial charge in [0.15, 0.2) is 11.2 Å². The number of benzene rings is 1. The van der Waals surface area contributed by atoms with Gasteiger partial charge in [0.05, 0.1) is 18.9 Å². The Morgan fingerprint density at radius 2 is 1.76 bits per heavy atom. The van der Waals surface area contributed by atoms with Crippen molar-refractivity contribution in [2.75, 3.05) is 32.8 Å². The van der Waals surface area contributed by atoms with E-state index in [1.165, 1.54) is 14.7 Å². The minimum Gasteiger partial charge on any atom is -0.379 e. The molecule has 33 heavy (non-hydrogen) atoms. The molecule has 0 saturated carbocycles. The van der Waals surface area contributed by atoms with Crippen molar-refractivity contribution >= 4 is 16.9 Å². The van der Waals surface area contributed by atoms with Crippen LogP contribution in [0, 0.1) is 13.8 Å². The van der Waals surface area contributed by atoms with Crippen LogP contribution in [0.5, 0.6) is 0 Å². The summed E-state index contributed by atoms with van der Waals surface area (Å²) in [5.41, 5.74) is 4.43. The van der Waals surface area contributed by atoms with Crippen molar-refractivity contribution in [2.45, 2.75) is 33.7 Å². The molecule has 0 bridgehead atoms. The van der Waals surface area contributed by atoms with Crippen LogP contribution in [0.3, 0.4) is 0 Å². The number of imidazole rings is 2. The summed E-state index contributed by atoms with van der Waals surface area (Å²) in [7, 11) is 1.69. The lowest BCUT2D eigenvalue weighted by Crippen LogP contribution is -2.44. The Hall–Kier alpha value is -3.17. The van der Waals surface area contributed by atoms with Crippen LogP contribution >= 0.6 is 0 Å². The molecule has 3 aromatic heterocycles. The highest BCUT2D eigenvalue weighted by Crippen LogP contribution is 2.26. The molecule has 0 N–H and O–H groups in total. The predicted octanol–water partition coefficient (Wildman–Crippen LogP) is 1.65. The van der Waals surface area contributed by atoms with Crippen molar-refractivity contribution in [1.29, 1.82) is 0 Å². The Labute approximate surface area is 191 Å². The molecule has 0 aliphatic carbocycles. The number of rotatable bonds is 5. The molecular formula is C24H30N6O3. The van der Waals surface area contributed by atoms with E-state index >= 15 is 0 Å². The van der Waals surface area contributed by atoms with Gasteiger partial charge in [0.25, 0.3) is 5.56 Å². The fourth-order valence-corrected chi connectivity index (χ4v) is 4.83. The highest BCUT2D eigenvalue weighted by molar-refractivity contribution is 5.77. The Bertz CT molecular complexity index is 1470. The van der Waals surface area contributed by atoms with Crippen LogP contribution in [-0.4, -0.2) is 60.8 Å². The number of nitrogens with zero attached hydrogens (tertiary/aromatic N) is 6. The van der Waals surface area contributed by atoms with Gasteiger partial charge in [-0.1, -0.05) is 25.1 Å². The number of aromatic nitrogens is 5. The lowest BCUT2D eigenvalue weighted by atomic mass is 10.1. The predicted molar refractivity (Wildman–Crippen MR) is 128 cm³/mol. The number of fused-ring (bicyclic) bond motifs is 3. The van der Waals surface area contributed by atoms with E-state index in [1.807, 2.05) is 30.4 Å². The molecule has 0 atom stereocenters. The largest absolute Gasteiger partial charge is 0.379 e. The molecule has 174 valence electrons. The minimum atomic E-state index is -0.337. The summed E-state index contributed by atoms with van der Waals surface area (Å²) in [6.07, 6.45) is 0.881. The first-order valence-electron chi connectivity index (χ1n) is 11.5. The standard InChI is InChI=1S/C24H30N6O3/c1-5-18-8-6-7-9-19(18)29-16(2)17(3)30-20-21(25-23(29)30)26(4)24(32)28(22(20)31)11-10-27-12-14-33-15-13-27/h6-9H,5,10-15H2,1-4H3. The first kappa shape index (κ1) is 21.7. The van der Waals surface area contributed by atoms with E-state index in [4.69, 9.17) is 9.72 Å². The molecule has 0 unspecified atom stereocenters. The van der Waals surface area contributed by atoms with E-state index in [9.17, 15) is 9.59 Å². The quantitative estimate of drug-likeness (QED) is 0.462. The molecule has 1 aliphatic rings. The molecule has 4 aromatic rings. The van der Waals surface area contributed by atoms with Crippen LogP contribution < -0.4 is 11.2 Å². The molecule has 0 radical (unpaired) electrons. The van der Waals surface area contributed by atoms with Crippen molar-refractivity contribution in [3.05, 3.63) is 62.1 Å². The molecule has 1 saturated heterocycles. The van der Waals surface area contributed by atoms with E-state index in [2.05, 4.69) is 28.5 Å². The zero-order valence-electron chi connectivity index (χ0n) is 19.7. The number of morpholine rings is 1. The maximum atomic E-state index is 13.6. The maximum Gasteiger partial charge on any atom is 0.332 e. The van der Waals surface area contributed by atoms with E-state index in [0.29, 0.717) is 43.2 Å². The minimum absolute atomic E-state index is 0.294. The molecule has 1 aromatic carbocycles. The zero-order valence-corrected chi connectivity index (χ0v) is 19.7. The first-order chi connectivity index (χ1) is 15.9. The van der Waals surface area contributed by atoms with Gasteiger partial charge in [-0.3, -0.25) is 27.8 Å². The van der Waals surface area contributed by atoms with Crippen molar-refractivity contribution in [1.82, 2.24) is 28.0 Å². The molecule has 5 rings (SSSR count). The van der Waals surface area contributed by atoms with E-state index < -0.39 is 0 Å². The number of hydrogen-bond donors (Lipinski definition) is 0. The molecule has 0 amide bonds. The van der Waals surface area contributed by atoms with Crippen LogP contribution in [0.4, 0.5) is 0 Å². The third kappa shape index (κ3) is 3.34. The fraction of sp³-hybridized carbons (Fsp3) is 0.458. The lowest BCUT2D eigenvalue weighted by Gasteiger charge is -2.26. The van der Waals surface area contributed by atoms with Gasteiger partial charge < -0.3 is 4.74 Å². The van der Waals surface area contributed by atoms with Crippen molar-refractivity contribution in [3.8, 4) is 5.69 Å². The van der Waals surface area contributed by atoms with Crippen LogP contribution in [0.25, 0.3) is 22.6 Å². The summed E-state index contributed by atoms with van der Waals surface area (Å²) in [6.45, 7) is 10.1. The highest BCUT2D eigenvalue weighted by Gasteiger charge is 2.24. The van der Waals surface area contributed by atoms with Gasteiger partial charge in [-0.15, -0.1) is 0 Å². The average Bonchev–Trinajstić information content (AvgIpc) is 3.33. The maximum absolute atomic E-state index is 13.6. The molecule has 9 nitrogen and oxygen atoms in total. The van der Waals surface area contributed by atoms with Gasteiger partial charge in [-0.05, 0) is 31.9 Å². The Kier molecular flexibility index (Phi) is 5.46. The van der Waals surface area contributed by atoms with Crippen LogP contribution in [-0.2, 0) is 24.8 Å². The summed E-state index contributed by atoms with van der Waals surface area (Å²) >= 11 is 0. The average molecular weight is 451 g/mol. The molecule has 0 spiro atoms. The summed E-state index contributed by atoms with van der Waals surface area (Å²) in [6, 6.07) is 8.23. The highest BCUT2D eigenvalue weighted by atomic mass is 16.5. The summed E-state index contributed by atoms with van der Waals surface area (Å²) in [5, 5.41) is 0. The SMILES string of the molecule is CCc1ccccc1-n1c(C)c(C)n2c3c(=O)n(CCN4CCOCC4)c(=O)n(C)c3nc12. The molecule has 1 fully saturated rings. The molecule has 9 heteroatoms. The third-order valence-electron chi connectivity index (χ3n) is 6.88. The van der Waals surface area contributed by atoms with Crippen LogP contribution in [0.15, 0.2) is 33.9 Å². The Morgan fingerprint density at radius 3 is 2.48 bits per heavy atom. The third-order valence-corrected chi connectivity index (χ3v) is 6.88. The second-order valence-corrected chi connectivity index (χ2v) is 8.66. The fourth-order valence-electron chi connectivity index (χ4n) is 4.83. The van der Waals surface area contributed by atoms with Gasteiger partial charge in [0.2, 0.25) is 5.78 Å². The van der Waals surface area contributed by atoms with Crippen LogP contribution in [0.1, 0.15) is 23.9 Å². The number of aryl methyl sites for hydroxylation is 3.